The summed E-state index contributed by atoms with van der Waals surface area (Å²) in [5.74, 6) is -1.37. The van der Waals surface area contributed by atoms with Crippen LogP contribution in [0.15, 0.2) is 30.3 Å². The number of thiophene rings is 1. The van der Waals surface area contributed by atoms with Crippen molar-refractivity contribution in [3.05, 3.63) is 51.9 Å². The van der Waals surface area contributed by atoms with Crippen LogP contribution in [-0.2, 0) is 17.8 Å². The zero-order chi connectivity index (χ0) is 19.6. The van der Waals surface area contributed by atoms with Gasteiger partial charge in [-0.25, -0.2) is 4.79 Å². The van der Waals surface area contributed by atoms with E-state index in [1.54, 1.807) is 24.3 Å². The summed E-state index contributed by atoms with van der Waals surface area (Å²) in [6.45, 7) is 4.37. The maximum Gasteiger partial charge on any atom is 0.339 e. The van der Waals surface area contributed by atoms with Gasteiger partial charge in [-0.3, -0.25) is 10.1 Å². The first-order valence-corrected chi connectivity index (χ1v) is 9.74. The predicted octanol–water partition coefficient (Wildman–Crippen LogP) is 3.81. The Morgan fingerprint density at radius 3 is 2.67 bits per heavy atom. The molecule has 1 aromatic heterocycles. The summed E-state index contributed by atoms with van der Waals surface area (Å²) in [7, 11) is 0. The molecule has 0 saturated heterocycles. The first kappa shape index (κ1) is 19.5. The third-order valence-corrected chi connectivity index (χ3v) is 5.97. The Balaban J connectivity index is 1.80. The molecule has 0 saturated carbocycles. The number of carbonyl (C=O) groups excluding carboxylic acids is 1. The number of thiocarbonyl (C=S) groups is 1. The van der Waals surface area contributed by atoms with Crippen LogP contribution in [0, 0.1) is 0 Å². The quantitative estimate of drug-likeness (QED) is 0.672. The zero-order valence-corrected chi connectivity index (χ0v) is 16.6. The number of ether oxygens (including phenoxy) is 1. The summed E-state index contributed by atoms with van der Waals surface area (Å²) >= 11 is 6.50. The molecule has 0 spiro atoms. The van der Waals surface area contributed by atoms with E-state index in [2.05, 4.69) is 10.6 Å². The van der Waals surface area contributed by atoms with Crippen molar-refractivity contribution in [3.63, 3.8) is 0 Å². The lowest BCUT2D eigenvalue weighted by Gasteiger charge is -2.33. The van der Waals surface area contributed by atoms with E-state index in [9.17, 15) is 14.7 Å². The molecule has 1 unspecified atom stereocenters. The smallest absolute Gasteiger partial charge is 0.339 e. The molecule has 0 bridgehead atoms. The normalized spacial score (nSPS) is 18.4. The molecular formula is C19H20N2O4S2. The van der Waals surface area contributed by atoms with Gasteiger partial charge in [0.25, 0.3) is 5.91 Å². The number of aromatic carboxylic acids is 1. The summed E-state index contributed by atoms with van der Waals surface area (Å²) in [5, 5.41) is 15.7. The van der Waals surface area contributed by atoms with Gasteiger partial charge in [-0.2, -0.15) is 0 Å². The molecule has 0 aliphatic carbocycles. The van der Waals surface area contributed by atoms with E-state index < -0.39 is 5.97 Å². The van der Waals surface area contributed by atoms with Gasteiger partial charge in [-0.15, -0.1) is 11.3 Å². The molecule has 0 fully saturated rings. The summed E-state index contributed by atoms with van der Waals surface area (Å²) in [4.78, 5) is 25.0. The van der Waals surface area contributed by atoms with Gasteiger partial charge in [-0.05, 0) is 43.3 Å². The third kappa shape index (κ3) is 4.18. The first-order valence-electron chi connectivity index (χ1n) is 8.52. The van der Waals surface area contributed by atoms with Crippen LogP contribution in [-0.4, -0.2) is 27.7 Å². The van der Waals surface area contributed by atoms with Crippen molar-refractivity contribution in [2.45, 2.75) is 38.9 Å². The van der Waals surface area contributed by atoms with E-state index in [-0.39, 0.29) is 22.2 Å². The first-order chi connectivity index (χ1) is 12.8. The maximum absolute atomic E-state index is 12.2. The van der Waals surface area contributed by atoms with Gasteiger partial charge in [-0.1, -0.05) is 25.1 Å². The van der Waals surface area contributed by atoms with Crippen molar-refractivity contribution < 1.29 is 19.4 Å². The van der Waals surface area contributed by atoms with Crippen molar-refractivity contribution in [1.82, 2.24) is 5.32 Å². The summed E-state index contributed by atoms with van der Waals surface area (Å²) in [6, 6.07) is 8.67. The Kier molecular flexibility index (Phi) is 5.59. The number of hydrogen-bond donors (Lipinski definition) is 3. The van der Waals surface area contributed by atoms with Gasteiger partial charge in [0.2, 0.25) is 0 Å². The van der Waals surface area contributed by atoms with Crippen LogP contribution in [0.2, 0.25) is 0 Å². The van der Waals surface area contributed by atoms with E-state index in [4.69, 9.17) is 17.0 Å². The summed E-state index contributed by atoms with van der Waals surface area (Å²) in [6.07, 6.45) is 1.32. The molecule has 1 atom stereocenters. The number of nitrogens with one attached hydrogen (secondary N) is 2. The highest BCUT2D eigenvalue weighted by molar-refractivity contribution is 7.80. The van der Waals surface area contributed by atoms with E-state index in [0.29, 0.717) is 23.6 Å². The van der Waals surface area contributed by atoms with E-state index in [1.165, 1.54) is 11.3 Å². The van der Waals surface area contributed by atoms with Crippen molar-refractivity contribution in [3.8, 4) is 0 Å². The Bertz CT molecular complexity index is 895. The number of rotatable bonds is 4. The number of carbonyl (C=O) groups is 2. The fraction of sp³-hybridized carbons (Fsp3) is 0.316. The number of anilines is 1. The van der Waals surface area contributed by atoms with Crippen LogP contribution in [0.25, 0.3) is 0 Å². The molecule has 1 aromatic carbocycles. The lowest BCUT2D eigenvalue weighted by molar-refractivity contribution is -0.0547. The minimum atomic E-state index is -1.02. The van der Waals surface area contributed by atoms with Gasteiger partial charge in [0.05, 0.1) is 17.8 Å². The zero-order valence-electron chi connectivity index (χ0n) is 15.0. The lowest BCUT2D eigenvalue weighted by atomic mass is 9.89. The highest BCUT2D eigenvalue weighted by Crippen LogP contribution is 2.41. The summed E-state index contributed by atoms with van der Waals surface area (Å²) in [5.41, 5.74) is 1.08. The number of carboxylic acid groups (broad SMARTS) is 1. The minimum absolute atomic E-state index is 0.0594. The average Bonchev–Trinajstić information content (AvgIpc) is 2.99. The molecule has 2 aromatic rings. The van der Waals surface area contributed by atoms with Gasteiger partial charge >= 0.3 is 5.97 Å². The minimum Gasteiger partial charge on any atom is -0.478 e. The average molecular weight is 405 g/mol. The van der Waals surface area contributed by atoms with Crippen LogP contribution in [0.5, 0.6) is 0 Å². The van der Waals surface area contributed by atoms with E-state index in [1.807, 2.05) is 19.9 Å². The molecule has 27 heavy (non-hydrogen) atoms. The van der Waals surface area contributed by atoms with Crippen molar-refractivity contribution in [1.29, 1.82) is 0 Å². The standard InChI is InChI=1S/C19H20N2O4S2/c1-3-19(2)9-12-13(10-25-19)27-16(14(12)17(23)24)21-18(26)20-15(22)11-7-5-4-6-8-11/h4-8H,3,9-10H2,1-2H3,(H,23,24)(H2,20,21,22,26). The molecule has 3 rings (SSSR count). The van der Waals surface area contributed by atoms with Gasteiger partial charge in [0, 0.05) is 16.9 Å². The number of benzene rings is 1. The SMILES string of the molecule is CCC1(C)Cc2c(sc(NC(=S)NC(=O)c3ccccc3)c2C(=O)O)CO1. The van der Waals surface area contributed by atoms with Crippen molar-refractivity contribution in [2.75, 3.05) is 5.32 Å². The molecule has 2 heterocycles. The second-order valence-electron chi connectivity index (χ2n) is 6.56. The van der Waals surface area contributed by atoms with Crippen LogP contribution in [0.3, 0.4) is 0 Å². The lowest BCUT2D eigenvalue weighted by Crippen LogP contribution is -2.35. The predicted molar refractivity (Wildman–Crippen MR) is 109 cm³/mol. The maximum atomic E-state index is 12.2. The second-order valence-corrected chi connectivity index (χ2v) is 8.07. The number of fused-ring (bicyclic) bond motifs is 1. The fourth-order valence-electron chi connectivity index (χ4n) is 2.92. The van der Waals surface area contributed by atoms with E-state index >= 15 is 0 Å². The molecule has 1 amide bonds. The van der Waals surface area contributed by atoms with Gasteiger partial charge < -0.3 is 15.2 Å². The van der Waals surface area contributed by atoms with Crippen LogP contribution in [0.4, 0.5) is 5.00 Å². The van der Waals surface area contributed by atoms with Crippen LogP contribution >= 0.6 is 23.6 Å². The second kappa shape index (κ2) is 7.75. The molecule has 1 aliphatic heterocycles. The van der Waals surface area contributed by atoms with Crippen LogP contribution in [0.1, 0.15) is 51.4 Å². The molecule has 0 radical (unpaired) electrons. The largest absolute Gasteiger partial charge is 0.478 e. The highest BCUT2D eigenvalue weighted by atomic mass is 32.1. The van der Waals surface area contributed by atoms with Gasteiger partial charge in [0.1, 0.15) is 5.00 Å². The Morgan fingerprint density at radius 1 is 1.33 bits per heavy atom. The summed E-state index contributed by atoms with van der Waals surface area (Å²) < 4.78 is 5.90. The number of hydrogen-bond acceptors (Lipinski definition) is 5. The van der Waals surface area contributed by atoms with Crippen molar-refractivity contribution in [2.24, 2.45) is 0 Å². The molecule has 6 nitrogen and oxygen atoms in total. The molecule has 3 N–H and O–H groups in total. The van der Waals surface area contributed by atoms with Crippen molar-refractivity contribution >= 4 is 45.5 Å². The molecule has 142 valence electrons. The fourth-order valence-corrected chi connectivity index (χ4v) is 4.31. The molecule has 1 aliphatic rings. The molecule has 8 heteroatoms. The third-order valence-electron chi connectivity index (χ3n) is 4.64. The number of carboxylic acids is 1. The Labute approximate surface area is 166 Å². The molecular weight excluding hydrogens is 384 g/mol. The Hall–Kier alpha value is -2.29. The van der Waals surface area contributed by atoms with E-state index in [0.717, 1.165) is 16.9 Å². The highest BCUT2D eigenvalue weighted by Gasteiger charge is 2.35. The number of amides is 1. The topological polar surface area (TPSA) is 87.7 Å². The van der Waals surface area contributed by atoms with Gasteiger partial charge in [0.15, 0.2) is 5.11 Å². The van der Waals surface area contributed by atoms with Crippen LogP contribution < -0.4 is 10.6 Å². The monoisotopic (exact) mass is 404 g/mol. The Morgan fingerprint density at radius 2 is 2.04 bits per heavy atom.